The Morgan fingerprint density at radius 2 is 2.10 bits per heavy atom. The van der Waals surface area contributed by atoms with Crippen LogP contribution in [0.5, 0.6) is 0 Å². The summed E-state index contributed by atoms with van der Waals surface area (Å²) in [4.78, 5) is 10.2. The molecule has 0 radical (unpaired) electrons. The fraction of sp³-hybridized carbons (Fsp3) is 0.562. The molecule has 5 heteroatoms. The molecule has 0 amide bonds. The molecular weight excluding hydrogens is 266 g/mol. The molecule has 21 heavy (non-hydrogen) atoms. The highest BCUT2D eigenvalue weighted by atomic mass is 16.6. The molecule has 0 heterocycles. The summed E-state index contributed by atoms with van der Waals surface area (Å²) in [5, 5.41) is 23.1. The minimum atomic E-state index is -0.487. The Balaban J connectivity index is 2.71. The maximum absolute atomic E-state index is 10.7. The number of rotatable bonds is 8. The number of nitrogens with zero attached hydrogens (tertiary/aromatic N) is 2. The maximum Gasteiger partial charge on any atom is 0.270 e. The van der Waals surface area contributed by atoms with Crippen molar-refractivity contribution in [3.05, 3.63) is 33.9 Å². The van der Waals surface area contributed by atoms with Crippen LogP contribution in [0.15, 0.2) is 18.2 Å². The highest BCUT2D eigenvalue weighted by molar-refractivity contribution is 5.61. The molecule has 0 aliphatic heterocycles. The standard InChI is InChI=1S/C16H23N3O2/c1-4-5-6-9-16(2,3)12-18-15-8-7-14(19(20)21)10-13(15)11-17/h7-8,10,18H,4-6,9,12H2,1-3H3. The first-order valence-corrected chi connectivity index (χ1v) is 7.32. The Bertz CT molecular complexity index is 533. The van der Waals surface area contributed by atoms with E-state index in [0.717, 1.165) is 13.0 Å². The van der Waals surface area contributed by atoms with E-state index in [1.54, 1.807) is 6.07 Å². The summed E-state index contributed by atoms with van der Waals surface area (Å²) in [7, 11) is 0. The van der Waals surface area contributed by atoms with Crippen molar-refractivity contribution in [2.24, 2.45) is 5.41 Å². The van der Waals surface area contributed by atoms with Gasteiger partial charge in [0.25, 0.3) is 5.69 Å². The molecule has 0 aliphatic carbocycles. The number of anilines is 1. The van der Waals surface area contributed by atoms with E-state index in [0.29, 0.717) is 11.3 Å². The lowest BCUT2D eigenvalue weighted by Crippen LogP contribution is -2.23. The average Bonchev–Trinajstić information content (AvgIpc) is 2.45. The second kappa shape index (κ2) is 7.63. The molecule has 0 bridgehead atoms. The fourth-order valence-corrected chi connectivity index (χ4v) is 2.17. The summed E-state index contributed by atoms with van der Waals surface area (Å²) < 4.78 is 0. The summed E-state index contributed by atoms with van der Waals surface area (Å²) >= 11 is 0. The zero-order valence-corrected chi connectivity index (χ0v) is 13.0. The Morgan fingerprint density at radius 1 is 1.38 bits per heavy atom. The number of nitro groups is 1. The minimum Gasteiger partial charge on any atom is -0.383 e. The number of nitro benzene ring substituents is 1. The molecule has 0 saturated heterocycles. The number of non-ortho nitro benzene ring substituents is 1. The lowest BCUT2D eigenvalue weighted by molar-refractivity contribution is -0.384. The quantitative estimate of drug-likeness (QED) is 0.434. The number of unbranched alkanes of at least 4 members (excludes halogenated alkanes) is 2. The van der Waals surface area contributed by atoms with Crippen LogP contribution in [0, 0.1) is 26.9 Å². The van der Waals surface area contributed by atoms with Crippen molar-refractivity contribution in [3.63, 3.8) is 0 Å². The Hall–Kier alpha value is -2.09. The fourth-order valence-electron chi connectivity index (χ4n) is 2.17. The van der Waals surface area contributed by atoms with Crippen LogP contribution in [-0.2, 0) is 0 Å². The molecule has 1 aromatic carbocycles. The van der Waals surface area contributed by atoms with Gasteiger partial charge in [0, 0.05) is 18.7 Å². The topological polar surface area (TPSA) is 79.0 Å². The first kappa shape index (κ1) is 17.0. The van der Waals surface area contributed by atoms with Gasteiger partial charge in [-0.1, -0.05) is 40.0 Å². The monoisotopic (exact) mass is 289 g/mol. The predicted octanol–water partition coefficient (Wildman–Crippen LogP) is 4.48. The number of nitrogens with one attached hydrogen (secondary N) is 1. The third-order valence-corrected chi connectivity index (χ3v) is 3.55. The van der Waals surface area contributed by atoms with Crippen molar-refractivity contribution in [2.45, 2.75) is 46.5 Å². The lowest BCUT2D eigenvalue weighted by Gasteiger charge is -2.25. The van der Waals surface area contributed by atoms with Crippen molar-refractivity contribution in [1.82, 2.24) is 0 Å². The number of benzene rings is 1. The van der Waals surface area contributed by atoms with Crippen LogP contribution in [0.1, 0.15) is 52.0 Å². The van der Waals surface area contributed by atoms with Crippen molar-refractivity contribution in [1.29, 1.82) is 5.26 Å². The number of hydrogen-bond donors (Lipinski definition) is 1. The van der Waals surface area contributed by atoms with Crippen molar-refractivity contribution in [3.8, 4) is 6.07 Å². The van der Waals surface area contributed by atoms with E-state index in [4.69, 9.17) is 5.26 Å². The summed E-state index contributed by atoms with van der Waals surface area (Å²) in [5.74, 6) is 0. The van der Waals surface area contributed by atoms with Gasteiger partial charge in [-0.25, -0.2) is 0 Å². The smallest absolute Gasteiger partial charge is 0.270 e. The summed E-state index contributed by atoms with van der Waals surface area (Å²) in [6, 6.07) is 6.36. The van der Waals surface area contributed by atoms with Gasteiger partial charge in [0.15, 0.2) is 0 Å². The number of hydrogen-bond acceptors (Lipinski definition) is 4. The van der Waals surface area contributed by atoms with Gasteiger partial charge in [0.05, 0.1) is 16.2 Å². The molecule has 1 aromatic rings. The highest BCUT2D eigenvalue weighted by Gasteiger charge is 2.18. The largest absolute Gasteiger partial charge is 0.383 e. The molecule has 0 spiro atoms. The van der Waals surface area contributed by atoms with E-state index in [2.05, 4.69) is 26.1 Å². The van der Waals surface area contributed by atoms with E-state index in [9.17, 15) is 10.1 Å². The molecule has 0 aliphatic rings. The van der Waals surface area contributed by atoms with E-state index in [1.165, 1.54) is 31.4 Å². The first-order valence-electron chi connectivity index (χ1n) is 7.32. The molecule has 1 N–H and O–H groups in total. The van der Waals surface area contributed by atoms with Crippen LogP contribution in [-0.4, -0.2) is 11.5 Å². The van der Waals surface area contributed by atoms with Crippen molar-refractivity contribution in [2.75, 3.05) is 11.9 Å². The van der Waals surface area contributed by atoms with Crippen molar-refractivity contribution >= 4 is 11.4 Å². The van der Waals surface area contributed by atoms with Crippen LogP contribution in [0.3, 0.4) is 0 Å². The van der Waals surface area contributed by atoms with Crippen LogP contribution < -0.4 is 5.32 Å². The summed E-state index contributed by atoms with van der Waals surface area (Å²) in [6.45, 7) is 7.30. The van der Waals surface area contributed by atoms with E-state index >= 15 is 0 Å². The van der Waals surface area contributed by atoms with Gasteiger partial charge >= 0.3 is 0 Å². The van der Waals surface area contributed by atoms with E-state index < -0.39 is 4.92 Å². The molecule has 0 saturated carbocycles. The number of nitriles is 1. The maximum atomic E-state index is 10.7. The zero-order valence-electron chi connectivity index (χ0n) is 13.0. The van der Waals surface area contributed by atoms with Gasteiger partial charge in [-0.15, -0.1) is 0 Å². The van der Waals surface area contributed by atoms with Gasteiger partial charge in [-0.05, 0) is 17.9 Å². The second-order valence-electron chi connectivity index (χ2n) is 6.07. The van der Waals surface area contributed by atoms with Gasteiger partial charge in [0.2, 0.25) is 0 Å². The highest BCUT2D eigenvalue weighted by Crippen LogP contribution is 2.26. The molecule has 5 nitrogen and oxygen atoms in total. The summed E-state index contributed by atoms with van der Waals surface area (Å²) in [5.41, 5.74) is 1.04. The summed E-state index contributed by atoms with van der Waals surface area (Å²) in [6.07, 6.45) is 4.73. The molecule has 0 fully saturated rings. The predicted molar refractivity (Wildman–Crippen MR) is 84.2 cm³/mol. The van der Waals surface area contributed by atoms with Gasteiger partial charge in [-0.3, -0.25) is 10.1 Å². The Labute approximate surface area is 126 Å². The van der Waals surface area contributed by atoms with Crippen molar-refractivity contribution < 1.29 is 4.92 Å². The van der Waals surface area contributed by atoms with Gasteiger partial charge in [0.1, 0.15) is 6.07 Å². The second-order valence-corrected chi connectivity index (χ2v) is 6.07. The van der Waals surface area contributed by atoms with E-state index in [1.807, 2.05) is 6.07 Å². The zero-order chi connectivity index (χ0) is 15.9. The Kier molecular flexibility index (Phi) is 6.16. The minimum absolute atomic E-state index is 0.0562. The van der Waals surface area contributed by atoms with Gasteiger partial charge in [-0.2, -0.15) is 5.26 Å². The van der Waals surface area contributed by atoms with Crippen LogP contribution in [0.4, 0.5) is 11.4 Å². The molecule has 0 unspecified atom stereocenters. The third kappa shape index (κ3) is 5.42. The van der Waals surface area contributed by atoms with Gasteiger partial charge < -0.3 is 5.32 Å². The van der Waals surface area contributed by atoms with Crippen LogP contribution >= 0.6 is 0 Å². The van der Waals surface area contributed by atoms with Crippen LogP contribution in [0.25, 0.3) is 0 Å². The normalized spacial score (nSPS) is 11.0. The lowest BCUT2D eigenvalue weighted by atomic mass is 9.86. The first-order chi connectivity index (χ1) is 9.89. The molecule has 0 atom stereocenters. The van der Waals surface area contributed by atoms with E-state index in [-0.39, 0.29) is 11.1 Å². The average molecular weight is 289 g/mol. The molecule has 1 rings (SSSR count). The molecular formula is C16H23N3O2. The SMILES string of the molecule is CCCCCC(C)(C)CNc1ccc([N+](=O)[O-])cc1C#N. The molecule has 0 aromatic heterocycles. The molecule has 114 valence electrons. The third-order valence-electron chi connectivity index (χ3n) is 3.55. The van der Waals surface area contributed by atoms with Crippen LogP contribution in [0.2, 0.25) is 0 Å². The Morgan fingerprint density at radius 3 is 2.67 bits per heavy atom.